The molecule has 3 unspecified atom stereocenters. The normalized spacial score (nSPS) is 33.5. The first-order valence-corrected chi connectivity index (χ1v) is 13.6. The summed E-state index contributed by atoms with van der Waals surface area (Å²) in [7, 11) is -3.39. The molecule has 2 N–H and O–H groups in total. The van der Waals surface area contributed by atoms with Crippen molar-refractivity contribution in [2.45, 2.75) is 89.1 Å². The number of amides is 2. The number of carbonyl (C=O) groups is 2. The van der Waals surface area contributed by atoms with Crippen LogP contribution in [0, 0.1) is 11.8 Å². The fraction of sp³-hybridized carbons (Fsp3) is 0.909. The van der Waals surface area contributed by atoms with E-state index in [2.05, 4.69) is 4.72 Å². The van der Waals surface area contributed by atoms with Crippen molar-refractivity contribution in [1.82, 2.24) is 14.5 Å². The molecule has 0 spiro atoms. The molecule has 3 aliphatic rings. The van der Waals surface area contributed by atoms with Crippen LogP contribution in [0.3, 0.4) is 0 Å². The van der Waals surface area contributed by atoms with Crippen LogP contribution in [0.25, 0.3) is 0 Å². The first-order valence-electron chi connectivity index (χ1n) is 12.0. The number of piperazine rings is 1. The van der Waals surface area contributed by atoms with Crippen LogP contribution < -0.4 is 4.72 Å². The molecule has 1 heterocycles. The third kappa shape index (κ3) is 5.39. The van der Waals surface area contributed by atoms with Crippen molar-refractivity contribution >= 4 is 22.0 Å². The highest BCUT2D eigenvalue weighted by molar-refractivity contribution is 7.90. The lowest BCUT2D eigenvalue weighted by Gasteiger charge is -2.54. The van der Waals surface area contributed by atoms with E-state index < -0.39 is 15.3 Å². The largest absolute Gasteiger partial charge is 0.450 e. The summed E-state index contributed by atoms with van der Waals surface area (Å²) in [6, 6.07) is -0.0846. The summed E-state index contributed by atoms with van der Waals surface area (Å²) in [5, 5.41) is 8.51. The van der Waals surface area contributed by atoms with Gasteiger partial charge in [-0.1, -0.05) is 0 Å². The number of aliphatic hydroxyl groups excluding tert-OH is 1. The van der Waals surface area contributed by atoms with Crippen LogP contribution in [0.4, 0.5) is 4.79 Å². The number of sulfonamides is 1. The van der Waals surface area contributed by atoms with E-state index in [-0.39, 0.29) is 43.3 Å². The molecule has 0 bridgehead atoms. The second kappa shape index (κ2) is 10.7. The lowest BCUT2D eigenvalue weighted by molar-refractivity contribution is -0.142. The fourth-order valence-corrected chi connectivity index (χ4v) is 7.73. The molecule has 184 valence electrons. The Bertz CT molecular complexity index is 768. The van der Waals surface area contributed by atoms with E-state index in [9.17, 15) is 18.0 Å². The number of rotatable bonds is 6. The summed E-state index contributed by atoms with van der Waals surface area (Å²) in [6.45, 7) is 6.05. The minimum Gasteiger partial charge on any atom is -0.450 e. The van der Waals surface area contributed by atoms with Gasteiger partial charge in [0.2, 0.25) is 15.9 Å². The van der Waals surface area contributed by atoms with E-state index in [1.54, 1.807) is 13.8 Å². The zero-order chi connectivity index (χ0) is 23.5. The van der Waals surface area contributed by atoms with Crippen molar-refractivity contribution in [3.05, 3.63) is 0 Å². The minimum atomic E-state index is -3.39. The Hall–Kier alpha value is -1.39. The Labute approximate surface area is 191 Å². The molecule has 1 saturated heterocycles. The Morgan fingerprint density at radius 1 is 1.06 bits per heavy atom. The topological polar surface area (TPSA) is 116 Å². The number of hydrogen-bond acceptors (Lipinski definition) is 6. The number of nitrogens with one attached hydrogen (secondary N) is 1. The van der Waals surface area contributed by atoms with Crippen molar-refractivity contribution in [2.75, 3.05) is 26.3 Å². The number of fused-ring (bicyclic) bond motifs is 1. The minimum absolute atomic E-state index is 0.0105. The van der Waals surface area contributed by atoms with Crippen LogP contribution in [0.2, 0.25) is 0 Å². The van der Waals surface area contributed by atoms with E-state index in [1.165, 1.54) is 0 Å². The van der Waals surface area contributed by atoms with Crippen molar-refractivity contribution in [2.24, 2.45) is 11.8 Å². The molecule has 3 fully saturated rings. The highest BCUT2D eigenvalue weighted by Gasteiger charge is 2.48. The van der Waals surface area contributed by atoms with E-state index >= 15 is 0 Å². The van der Waals surface area contributed by atoms with Crippen LogP contribution in [-0.2, 0) is 19.6 Å². The fourth-order valence-electron chi connectivity index (χ4n) is 6.22. The average molecular weight is 474 g/mol. The second-order valence-electron chi connectivity index (χ2n) is 9.53. The van der Waals surface area contributed by atoms with E-state index in [0.29, 0.717) is 37.8 Å². The number of hydrogen-bond donors (Lipinski definition) is 2. The van der Waals surface area contributed by atoms with Gasteiger partial charge in [0.05, 0.1) is 30.5 Å². The zero-order valence-corrected chi connectivity index (χ0v) is 20.3. The van der Waals surface area contributed by atoms with Gasteiger partial charge in [0.25, 0.3) is 0 Å². The SMILES string of the molecule is CCOC(=O)N1C[C@H](C)N(C(C)=O)C2CCC(C3CCC(S(=O)(=O)NCCO)CC3)CC21. The highest BCUT2D eigenvalue weighted by atomic mass is 32.2. The monoisotopic (exact) mass is 473 g/mol. The molecule has 4 atom stereocenters. The molecular formula is C22H39N3O6S. The highest BCUT2D eigenvalue weighted by Crippen LogP contribution is 2.43. The van der Waals surface area contributed by atoms with E-state index in [1.807, 2.05) is 16.7 Å². The van der Waals surface area contributed by atoms with Gasteiger partial charge in [-0.05, 0) is 70.6 Å². The lowest BCUT2D eigenvalue weighted by atomic mass is 9.69. The standard InChI is InChI=1S/C22H39N3O6S/c1-4-31-22(28)24-14-15(2)25(16(3)27)20-10-7-18(13-21(20)24)17-5-8-19(9-6-17)32(29,30)23-11-12-26/h15,17-21,23,26H,4-14H2,1-3H3/t15-,17?,18?,19?,20?,21?/m0/s1. The molecule has 2 amide bonds. The van der Waals surface area contributed by atoms with E-state index in [0.717, 1.165) is 32.1 Å². The molecule has 2 aliphatic carbocycles. The predicted octanol–water partition coefficient (Wildman–Crippen LogP) is 1.70. The maximum Gasteiger partial charge on any atom is 0.410 e. The Balaban J connectivity index is 1.68. The van der Waals surface area contributed by atoms with Crippen LogP contribution in [-0.4, -0.2) is 85.0 Å². The maximum atomic E-state index is 12.7. The molecule has 0 radical (unpaired) electrons. The van der Waals surface area contributed by atoms with Crippen molar-refractivity contribution in [1.29, 1.82) is 0 Å². The molecule has 0 aromatic carbocycles. The Kier molecular flexibility index (Phi) is 8.43. The van der Waals surface area contributed by atoms with Crippen LogP contribution in [0.1, 0.15) is 65.7 Å². The molecule has 9 nitrogen and oxygen atoms in total. The van der Waals surface area contributed by atoms with Gasteiger partial charge in [0, 0.05) is 26.1 Å². The molecule has 10 heteroatoms. The number of carbonyl (C=O) groups excluding carboxylic acids is 2. The predicted molar refractivity (Wildman–Crippen MR) is 120 cm³/mol. The van der Waals surface area contributed by atoms with Crippen molar-refractivity contribution in [3.63, 3.8) is 0 Å². The summed E-state index contributed by atoms with van der Waals surface area (Å²) in [4.78, 5) is 28.9. The summed E-state index contributed by atoms with van der Waals surface area (Å²) in [5.74, 6) is 0.884. The first-order chi connectivity index (χ1) is 15.2. The quantitative estimate of drug-likeness (QED) is 0.607. The summed E-state index contributed by atoms with van der Waals surface area (Å²) in [6.07, 6.45) is 5.29. The average Bonchev–Trinajstić information content (AvgIpc) is 2.76. The van der Waals surface area contributed by atoms with Gasteiger partial charge in [0.15, 0.2) is 0 Å². The Morgan fingerprint density at radius 3 is 2.31 bits per heavy atom. The van der Waals surface area contributed by atoms with Gasteiger partial charge in [-0.15, -0.1) is 0 Å². The molecule has 3 rings (SSSR count). The van der Waals surface area contributed by atoms with Crippen molar-refractivity contribution < 1.29 is 27.9 Å². The summed E-state index contributed by atoms with van der Waals surface area (Å²) >= 11 is 0. The third-order valence-electron chi connectivity index (χ3n) is 7.62. The van der Waals surface area contributed by atoms with Gasteiger partial charge in [-0.2, -0.15) is 0 Å². The molecular weight excluding hydrogens is 434 g/mol. The van der Waals surface area contributed by atoms with Crippen LogP contribution in [0.5, 0.6) is 0 Å². The molecule has 0 aromatic rings. The molecule has 32 heavy (non-hydrogen) atoms. The summed E-state index contributed by atoms with van der Waals surface area (Å²) in [5.41, 5.74) is 0. The third-order valence-corrected chi connectivity index (χ3v) is 9.58. The zero-order valence-electron chi connectivity index (χ0n) is 19.5. The number of ether oxygens (including phenoxy) is 1. The second-order valence-corrected chi connectivity index (χ2v) is 11.6. The smallest absolute Gasteiger partial charge is 0.410 e. The molecule has 0 aromatic heterocycles. The summed E-state index contributed by atoms with van der Waals surface area (Å²) < 4.78 is 32.6. The maximum absolute atomic E-state index is 12.7. The van der Waals surface area contributed by atoms with Crippen LogP contribution >= 0.6 is 0 Å². The molecule has 2 saturated carbocycles. The molecule has 1 aliphatic heterocycles. The number of aliphatic hydroxyl groups is 1. The Morgan fingerprint density at radius 2 is 1.72 bits per heavy atom. The lowest BCUT2D eigenvalue weighted by Crippen LogP contribution is -2.67. The van der Waals surface area contributed by atoms with Gasteiger partial charge in [0.1, 0.15) is 0 Å². The van der Waals surface area contributed by atoms with Gasteiger partial charge < -0.3 is 19.6 Å². The van der Waals surface area contributed by atoms with Gasteiger partial charge in [-0.3, -0.25) is 4.79 Å². The first kappa shape index (κ1) is 25.2. The van der Waals surface area contributed by atoms with Gasteiger partial charge in [-0.25, -0.2) is 17.9 Å². The number of nitrogens with zero attached hydrogens (tertiary/aromatic N) is 2. The van der Waals surface area contributed by atoms with Gasteiger partial charge >= 0.3 is 6.09 Å². The van der Waals surface area contributed by atoms with E-state index in [4.69, 9.17) is 9.84 Å². The van der Waals surface area contributed by atoms with Crippen molar-refractivity contribution in [3.8, 4) is 0 Å². The van der Waals surface area contributed by atoms with Crippen LogP contribution in [0.15, 0.2) is 0 Å².